The Bertz CT molecular complexity index is 508. The zero-order valence-electron chi connectivity index (χ0n) is 32.4. The van der Waals surface area contributed by atoms with Gasteiger partial charge in [-0.15, -0.1) is 0 Å². The van der Waals surface area contributed by atoms with E-state index in [1.807, 2.05) is 0 Å². The average Bonchev–Trinajstić information content (AvgIpc) is 3.00. The molecule has 4 atom stereocenters. The lowest BCUT2D eigenvalue weighted by Gasteiger charge is -2.16. The highest BCUT2D eigenvalue weighted by molar-refractivity contribution is 4.61. The molecule has 0 nitrogen and oxygen atoms in total. The molecule has 0 aromatic rings. The lowest BCUT2D eigenvalue weighted by atomic mass is 9.90. The van der Waals surface area contributed by atoms with E-state index in [2.05, 4.69) is 41.5 Å². The van der Waals surface area contributed by atoms with Crippen molar-refractivity contribution in [2.45, 2.75) is 260 Å². The molecule has 0 spiro atoms. The first-order valence-corrected chi connectivity index (χ1v) is 21.5. The van der Waals surface area contributed by atoms with Crippen molar-refractivity contribution in [2.24, 2.45) is 23.7 Å². The van der Waals surface area contributed by atoms with Gasteiger partial charge in [-0.25, -0.2) is 0 Å². The molecule has 0 saturated heterocycles. The van der Waals surface area contributed by atoms with Gasteiger partial charge in [-0.3, -0.25) is 0 Å². The van der Waals surface area contributed by atoms with Crippen molar-refractivity contribution < 1.29 is 0 Å². The fourth-order valence-corrected chi connectivity index (χ4v) is 7.51. The van der Waals surface area contributed by atoms with Crippen LogP contribution in [0.4, 0.5) is 0 Å². The lowest BCUT2D eigenvalue weighted by Crippen LogP contribution is -2.01. The molecule has 0 aliphatic rings. The smallest absolute Gasteiger partial charge is 0.0443 e. The molecule has 0 saturated carbocycles. The molecule has 0 bridgehead atoms. The van der Waals surface area contributed by atoms with Gasteiger partial charge in [-0.1, -0.05) is 260 Å². The topological polar surface area (TPSA) is 0 Å². The molecular weight excluding hydrogens is 528 g/mol. The maximum atomic E-state index is 2.52. The second-order valence-electron chi connectivity index (χ2n) is 16.2. The molecule has 0 aliphatic carbocycles. The summed E-state index contributed by atoms with van der Waals surface area (Å²) >= 11 is 0. The molecule has 0 radical (unpaired) electrons. The molecule has 0 heteroatoms. The van der Waals surface area contributed by atoms with Crippen LogP contribution in [0.25, 0.3) is 0 Å². The first-order valence-electron chi connectivity index (χ1n) is 21.5. The normalized spacial score (nSPS) is 14.6. The SMILES string of the molecule is CCCCCCCCCCC(C)CCCCCCCCCCCCCCCC(C)CCCC(C)CCCC(C)CCCCC. The summed E-state index contributed by atoms with van der Waals surface area (Å²) in [5, 5.41) is 0. The van der Waals surface area contributed by atoms with Gasteiger partial charge in [0.25, 0.3) is 0 Å². The molecule has 0 N–H and O–H groups in total. The van der Waals surface area contributed by atoms with Crippen LogP contribution in [0.1, 0.15) is 260 Å². The van der Waals surface area contributed by atoms with Crippen LogP contribution < -0.4 is 0 Å². The highest BCUT2D eigenvalue weighted by Crippen LogP contribution is 2.24. The van der Waals surface area contributed by atoms with Gasteiger partial charge in [0.05, 0.1) is 0 Å². The van der Waals surface area contributed by atoms with Crippen molar-refractivity contribution in [1.29, 1.82) is 0 Å². The zero-order chi connectivity index (χ0) is 32.4. The first kappa shape index (κ1) is 44.0. The molecule has 0 aromatic carbocycles. The minimum Gasteiger partial charge on any atom is -0.0654 e. The van der Waals surface area contributed by atoms with Crippen LogP contribution in [0.2, 0.25) is 0 Å². The fourth-order valence-electron chi connectivity index (χ4n) is 7.51. The fraction of sp³-hybridized carbons (Fsp3) is 1.00. The van der Waals surface area contributed by atoms with Crippen LogP contribution in [-0.2, 0) is 0 Å². The Labute approximate surface area is 282 Å². The highest BCUT2D eigenvalue weighted by Gasteiger charge is 2.08. The molecule has 0 rings (SSSR count). The Hall–Kier alpha value is 0. The predicted octanol–water partition coefficient (Wildman–Crippen LogP) is 16.8. The Kier molecular flexibility index (Phi) is 35.8. The van der Waals surface area contributed by atoms with Crippen molar-refractivity contribution in [3.8, 4) is 0 Å². The van der Waals surface area contributed by atoms with E-state index in [4.69, 9.17) is 0 Å². The molecule has 44 heavy (non-hydrogen) atoms. The molecule has 0 aromatic heterocycles. The van der Waals surface area contributed by atoms with Crippen LogP contribution >= 0.6 is 0 Å². The van der Waals surface area contributed by atoms with Gasteiger partial charge in [0, 0.05) is 0 Å². The van der Waals surface area contributed by atoms with Gasteiger partial charge >= 0.3 is 0 Å². The Morgan fingerprint density at radius 3 is 0.614 bits per heavy atom. The average molecular weight is 619 g/mol. The maximum Gasteiger partial charge on any atom is -0.0443 e. The summed E-state index contributed by atoms with van der Waals surface area (Å²) in [6, 6.07) is 0. The number of rotatable bonds is 37. The van der Waals surface area contributed by atoms with E-state index in [1.165, 1.54) is 218 Å². The van der Waals surface area contributed by atoms with E-state index >= 15 is 0 Å². The van der Waals surface area contributed by atoms with Crippen molar-refractivity contribution in [3.05, 3.63) is 0 Å². The minimum atomic E-state index is 0.943. The molecule has 0 amide bonds. The summed E-state index contributed by atoms with van der Waals surface area (Å²) < 4.78 is 0. The van der Waals surface area contributed by atoms with Crippen LogP contribution in [0.15, 0.2) is 0 Å². The van der Waals surface area contributed by atoms with Gasteiger partial charge in [-0.2, -0.15) is 0 Å². The third kappa shape index (κ3) is 34.9. The standard InChI is InChI=1S/C44H90/c1-7-9-11-12-13-21-24-28-34-41(3)35-29-25-22-19-17-15-14-16-18-20-23-26-30-36-43(5)38-32-40-44(6)39-31-37-42(4)33-27-10-8-2/h41-44H,7-40H2,1-6H3. The van der Waals surface area contributed by atoms with Crippen LogP contribution in [0, 0.1) is 23.7 Å². The van der Waals surface area contributed by atoms with Gasteiger partial charge in [0.1, 0.15) is 0 Å². The number of hydrogen-bond acceptors (Lipinski definition) is 0. The molecule has 0 aliphatic heterocycles. The van der Waals surface area contributed by atoms with Gasteiger partial charge in [-0.05, 0) is 23.7 Å². The molecule has 0 heterocycles. The van der Waals surface area contributed by atoms with E-state index in [9.17, 15) is 0 Å². The van der Waals surface area contributed by atoms with Gasteiger partial charge in [0.2, 0.25) is 0 Å². The summed E-state index contributed by atoms with van der Waals surface area (Å²) in [5.74, 6) is 3.80. The number of unbranched alkanes of at least 4 members (excludes halogenated alkanes) is 21. The van der Waals surface area contributed by atoms with Crippen LogP contribution in [0.5, 0.6) is 0 Å². The zero-order valence-corrected chi connectivity index (χ0v) is 32.4. The first-order chi connectivity index (χ1) is 21.5. The lowest BCUT2D eigenvalue weighted by molar-refractivity contribution is 0.374. The van der Waals surface area contributed by atoms with E-state index in [1.54, 1.807) is 0 Å². The second-order valence-corrected chi connectivity index (χ2v) is 16.2. The minimum absolute atomic E-state index is 0.943. The van der Waals surface area contributed by atoms with Crippen molar-refractivity contribution in [1.82, 2.24) is 0 Å². The molecular formula is C44H90. The van der Waals surface area contributed by atoms with E-state index in [0.29, 0.717) is 0 Å². The van der Waals surface area contributed by atoms with E-state index in [-0.39, 0.29) is 0 Å². The summed E-state index contributed by atoms with van der Waals surface area (Å²) in [6.07, 6.45) is 49.9. The van der Waals surface area contributed by atoms with Gasteiger partial charge < -0.3 is 0 Å². The Morgan fingerprint density at radius 2 is 0.364 bits per heavy atom. The largest absolute Gasteiger partial charge is 0.0654 e. The van der Waals surface area contributed by atoms with Crippen LogP contribution in [-0.4, -0.2) is 0 Å². The predicted molar refractivity (Wildman–Crippen MR) is 205 cm³/mol. The van der Waals surface area contributed by atoms with E-state index < -0.39 is 0 Å². The molecule has 4 unspecified atom stereocenters. The van der Waals surface area contributed by atoms with Crippen molar-refractivity contribution in [3.63, 3.8) is 0 Å². The van der Waals surface area contributed by atoms with Crippen LogP contribution in [0.3, 0.4) is 0 Å². The third-order valence-electron chi connectivity index (χ3n) is 11.0. The summed E-state index contributed by atoms with van der Waals surface area (Å²) in [6.45, 7) is 14.6. The Balaban J connectivity index is 3.31. The summed E-state index contributed by atoms with van der Waals surface area (Å²) in [4.78, 5) is 0. The summed E-state index contributed by atoms with van der Waals surface area (Å²) in [7, 11) is 0. The quantitative estimate of drug-likeness (QED) is 0.0608. The molecule has 0 fully saturated rings. The Morgan fingerprint density at radius 1 is 0.205 bits per heavy atom. The van der Waals surface area contributed by atoms with Gasteiger partial charge in [0.15, 0.2) is 0 Å². The maximum absolute atomic E-state index is 2.52. The molecule has 266 valence electrons. The van der Waals surface area contributed by atoms with E-state index in [0.717, 1.165) is 23.7 Å². The number of hydrogen-bond donors (Lipinski definition) is 0. The monoisotopic (exact) mass is 619 g/mol. The van der Waals surface area contributed by atoms with Crippen molar-refractivity contribution in [2.75, 3.05) is 0 Å². The van der Waals surface area contributed by atoms with Crippen molar-refractivity contribution >= 4 is 0 Å². The third-order valence-corrected chi connectivity index (χ3v) is 11.0. The highest BCUT2D eigenvalue weighted by atomic mass is 14.1. The second kappa shape index (κ2) is 35.8. The summed E-state index contributed by atoms with van der Waals surface area (Å²) in [5.41, 5.74) is 0.